The molecule has 0 unspecified atom stereocenters. The number of carboxylic acid groups (broad SMARTS) is 2. The molecule has 2 aliphatic heterocycles. The molecule has 2 fully saturated rings. The summed E-state index contributed by atoms with van der Waals surface area (Å²) in [5.41, 5.74) is 8.60. The fraction of sp³-hybridized carbons (Fsp3) is 0.327. The largest absolute Gasteiger partial charge is 0.481 e. The molecule has 5 aromatic rings. The van der Waals surface area contributed by atoms with Crippen molar-refractivity contribution in [3.8, 4) is 0 Å². The van der Waals surface area contributed by atoms with Crippen molar-refractivity contribution in [1.82, 2.24) is 9.47 Å². The summed E-state index contributed by atoms with van der Waals surface area (Å²) in [6, 6.07) is 36.5. The molecule has 0 radical (unpaired) electrons. The van der Waals surface area contributed by atoms with E-state index < -0.39 is 24.0 Å². The van der Waals surface area contributed by atoms with Crippen molar-refractivity contribution in [2.45, 2.75) is 102 Å². The molecule has 1 saturated heterocycles. The van der Waals surface area contributed by atoms with E-state index in [1.165, 1.54) is 21.4 Å². The summed E-state index contributed by atoms with van der Waals surface area (Å²) in [5, 5.41) is 18.6. The lowest BCUT2D eigenvalue weighted by Gasteiger charge is -2.27. The Labute approximate surface area is 387 Å². The van der Waals surface area contributed by atoms with Gasteiger partial charge in [-0.3, -0.25) is 28.6 Å². The minimum atomic E-state index is -1.16. The van der Waals surface area contributed by atoms with Gasteiger partial charge in [0, 0.05) is 36.3 Å². The summed E-state index contributed by atoms with van der Waals surface area (Å²) in [4.78, 5) is 54.8. The van der Waals surface area contributed by atoms with Crippen molar-refractivity contribution < 1.29 is 24.6 Å². The average Bonchev–Trinajstić information content (AvgIpc) is 4.04. The summed E-state index contributed by atoms with van der Waals surface area (Å²) in [6.45, 7) is -0.0880. The summed E-state index contributed by atoms with van der Waals surface area (Å²) < 4.78 is 2.31. The number of benzene rings is 4. The Bertz CT molecular complexity index is 2690. The smallest absolute Gasteiger partial charge is 0.323 e. The topological polar surface area (TPSA) is 120 Å². The Morgan fingerprint density at radius 2 is 1.36 bits per heavy atom. The molecule has 330 valence electrons. The highest BCUT2D eigenvalue weighted by atomic mass is 32.2. The maximum atomic E-state index is 13.9. The quantitative estimate of drug-likeness (QED) is 0.0474. The maximum absolute atomic E-state index is 13.9. The first-order chi connectivity index (χ1) is 31.2. The number of nitrogens with zero attached hydrogens (tertiary/aromatic N) is 3. The van der Waals surface area contributed by atoms with Gasteiger partial charge in [0.15, 0.2) is 0 Å². The molecule has 9 nitrogen and oxygen atoms in total. The number of thiocarbonyl (C=S) groups is 1. The van der Waals surface area contributed by atoms with Crippen LogP contribution in [-0.4, -0.2) is 54.4 Å². The van der Waals surface area contributed by atoms with Crippen LogP contribution in [0, 0.1) is 0 Å². The predicted octanol–water partition coefficient (Wildman–Crippen LogP) is 10.2. The number of fused-ring (bicyclic) bond motifs is 3. The molecule has 4 aromatic carbocycles. The van der Waals surface area contributed by atoms with Gasteiger partial charge in [-0.2, -0.15) is 0 Å². The van der Waals surface area contributed by atoms with E-state index in [1.807, 2.05) is 24.3 Å². The third-order valence-corrected chi connectivity index (χ3v) is 15.2. The predicted molar refractivity (Wildman–Crippen MR) is 263 cm³/mol. The van der Waals surface area contributed by atoms with Crippen LogP contribution in [0.3, 0.4) is 0 Å². The molecule has 1 aromatic heterocycles. The molecule has 0 bridgehead atoms. The molecule has 2 atom stereocenters. The molecule has 3 heterocycles. The van der Waals surface area contributed by atoms with Gasteiger partial charge in [0.2, 0.25) is 0 Å². The molecular formula is C52H53N3O6S3. The summed E-state index contributed by atoms with van der Waals surface area (Å²) >= 11 is 7.93. The zero-order chi connectivity index (χ0) is 44.6. The summed E-state index contributed by atoms with van der Waals surface area (Å²) in [6.07, 6.45) is 16.4. The number of hydrogen-bond donors (Lipinski definition) is 2. The monoisotopic (exact) mass is 911 g/mol. The Kier molecular flexibility index (Phi) is 14.7. The van der Waals surface area contributed by atoms with Gasteiger partial charge in [-0.15, -0.1) is 11.3 Å². The van der Waals surface area contributed by atoms with Crippen molar-refractivity contribution in [1.29, 1.82) is 0 Å². The van der Waals surface area contributed by atoms with Gasteiger partial charge in [-0.25, -0.2) is 0 Å². The van der Waals surface area contributed by atoms with E-state index in [0.29, 0.717) is 36.9 Å². The van der Waals surface area contributed by atoms with Crippen LogP contribution in [0.2, 0.25) is 0 Å². The van der Waals surface area contributed by atoms with E-state index in [-0.39, 0.29) is 12.3 Å². The Morgan fingerprint density at radius 3 is 2.00 bits per heavy atom. The number of aliphatic carboxylic acids is 2. The molecule has 2 N–H and O–H groups in total. The second-order valence-corrected chi connectivity index (χ2v) is 19.5. The number of amides is 1. The van der Waals surface area contributed by atoms with Crippen LogP contribution in [0.25, 0.3) is 22.6 Å². The van der Waals surface area contributed by atoms with Gasteiger partial charge in [-0.05, 0) is 95.5 Å². The number of carbonyl (C=O) groups is 3. The van der Waals surface area contributed by atoms with E-state index in [9.17, 15) is 24.3 Å². The molecule has 1 amide bonds. The number of rotatable bonds is 19. The second kappa shape index (κ2) is 21.0. The van der Waals surface area contributed by atoms with Crippen LogP contribution < -0.4 is 19.7 Å². The first-order valence-electron chi connectivity index (χ1n) is 22.4. The Balaban J connectivity index is 0.996. The third-order valence-electron chi connectivity index (χ3n) is 12.5. The van der Waals surface area contributed by atoms with Crippen LogP contribution in [-0.2, 0) is 20.9 Å². The molecular weight excluding hydrogens is 859 g/mol. The second-order valence-electron chi connectivity index (χ2n) is 16.9. The van der Waals surface area contributed by atoms with Crippen LogP contribution in [0.5, 0.6) is 0 Å². The van der Waals surface area contributed by atoms with E-state index in [0.717, 1.165) is 128 Å². The lowest BCUT2D eigenvalue weighted by Crippen LogP contribution is -2.35. The van der Waals surface area contributed by atoms with Gasteiger partial charge >= 0.3 is 11.9 Å². The zero-order valence-electron chi connectivity index (χ0n) is 35.8. The molecule has 0 spiro atoms. The number of anilines is 2. The van der Waals surface area contributed by atoms with Crippen LogP contribution in [0.15, 0.2) is 108 Å². The van der Waals surface area contributed by atoms with Gasteiger partial charge < -0.3 is 15.1 Å². The SMILES string of the molecule is O=C(O)CCCCCCCCCCCN1C(=O)/C(=c2\s/c(=C/c3ccc4c(c3)[C@@H]3CCC[C@@H]3N4c3ccc(C=C(c4ccccc4)c4ccccc4)cc3)c(=O)n2CC(=O)O)SC1=S. The number of unbranched alkanes of at least 4 members (excludes halogenated alkanes) is 8. The van der Waals surface area contributed by atoms with Crippen molar-refractivity contribution in [3.05, 3.63) is 150 Å². The highest BCUT2D eigenvalue weighted by Crippen LogP contribution is 2.52. The first-order valence-corrected chi connectivity index (χ1v) is 24.5. The molecule has 3 aliphatic rings. The molecule has 64 heavy (non-hydrogen) atoms. The number of aromatic nitrogens is 1. The minimum absolute atomic E-state index is 0.233. The molecule has 1 aliphatic carbocycles. The molecule has 1 saturated carbocycles. The summed E-state index contributed by atoms with van der Waals surface area (Å²) in [5.74, 6) is -1.84. The van der Waals surface area contributed by atoms with Crippen molar-refractivity contribution >= 4 is 91.5 Å². The molecule has 8 rings (SSSR count). The van der Waals surface area contributed by atoms with Gasteiger partial charge in [0.1, 0.15) is 20.4 Å². The van der Waals surface area contributed by atoms with Crippen LogP contribution >= 0.6 is 35.3 Å². The maximum Gasteiger partial charge on any atom is 0.323 e. The van der Waals surface area contributed by atoms with Crippen LogP contribution in [0.1, 0.15) is 117 Å². The highest BCUT2D eigenvalue weighted by molar-refractivity contribution is 8.30. The minimum Gasteiger partial charge on any atom is -0.481 e. The van der Waals surface area contributed by atoms with Gasteiger partial charge in [-0.1, -0.05) is 154 Å². The lowest BCUT2D eigenvalue weighted by atomic mass is 9.95. The van der Waals surface area contributed by atoms with E-state index in [4.69, 9.17) is 17.3 Å². The lowest BCUT2D eigenvalue weighted by molar-refractivity contribution is -0.138. The van der Waals surface area contributed by atoms with Crippen molar-refractivity contribution in [3.63, 3.8) is 0 Å². The number of carbonyl (C=O) groups excluding carboxylic acids is 1. The summed E-state index contributed by atoms with van der Waals surface area (Å²) in [7, 11) is 0. The van der Waals surface area contributed by atoms with E-state index >= 15 is 0 Å². The van der Waals surface area contributed by atoms with Gasteiger partial charge in [0.25, 0.3) is 11.5 Å². The normalized spacial score (nSPS) is 17.8. The average molecular weight is 912 g/mol. The molecule has 12 heteroatoms. The fourth-order valence-electron chi connectivity index (χ4n) is 9.39. The van der Waals surface area contributed by atoms with E-state index in [2.05, 4.69) is 95.9 Å². The number of hydrogen-bond acceptors (Lipinski definition) is 8. The zero-order valence-corrected chi connectivity index (χ0v) is 38.3. The standard InChI is InChI=1S/C52H53N3O6S3/c56-46(57)23-14-6-4-2-1-3-5-7-15-30-53-50(61)48(64-52(53)62)51-54(34-47(58)59)49(60)45(63-51)33-36-26-29-44-42(32-36)40-21-16-22-43(40)55(44)39-27-24-35(25-28-39)31-41(37-17-10-8-11-18-37)38-19-12-9-13-20-38/h8-13,17-20,24-29,31-33,40,43H,1-7,14-16,21-23,30,34H2,(H,56,57)(H,58,59)/b45-33+,51-48+/t40-,43-/m0/s1. The number of carboxylic acids is 2. The van der Waals surface area contributed by atoms with Crippen molar-refractivity contribution in [2.24, 2.45) is 0 Å². The van der Waals surface area contributed by atoms with E-state index in [1.54, 1.807) is 4.90 Å². The number of thiazole rings is 1. The van der Waals surface area contributed by atoms with Gasteiger partial charge in [0.05, 0.1) is 4.53 Å². The fourth-order valence-corrected chi connectivity index (χ4v) is 12.0. The number of thioether (sulfide) groups is 1. The Morgan fingerprint density at radius 1 is 0.734 bits per heavy atom. The van der Waals surface area contributed by atoms with Crippen molar-refractivity contribution in [2.75, 3.05) is 11.4 Å². The Hall–Kier alpha value is -5.56. The third kappa shape index (κ3) is 10.4. The van der Waals surface area contributed by atoms with Crippen LogP contribution in [0.4, 0.5) is 11.4 Å². The highest BCUT2D eigenvalue weighted by Gasteiger charge is 2.42. The first kappa shape index (κ1) is 45.0.